The normalized spacial score (nSPS) is 9.20. The molecule has 0 aliphatic rings. The number of nitro benzene ring substituents is 1. The van der Waals surface area contributed by atoms with Gasteiger partial charge in [0.2, 0.25) is 0 Å². The molecule has 0 aromatic heterocycles. The van der Waals surface area contributed by atoms with E-state index in [1.165, 1.54) is 12.1 Å². The summed E-state index contributed by atoms with van der Waals surface area (Å²) in [5.74, 6) is 5.28. The molecule has 2 N–H and O–H groups in total. The van der Waals surface area contributed by atoms with Gasteiger partial charge in [-0.15, -0.1) is 11.6 Å². The van der Waals surface area contributed by atoms with E-state index in [0.717, 1.165) is 0 Å². The minimum atomic E-state index is -0.604. The number of anilines is 1. The first-order valence-electron chi connectivity index (χ1n) is 3.84. The van der Waals surface area contributed by atoms with Crippen LogP contribution >= 0.6 is 23.2 Å². The first kappa shape index (κ1) is 11.6. The zero-order chi connectivity index (χ0) is 11.4. The highest BCUT2D eigenvalue weighted by Gasteiger charge is 2.15. The van der Waals surface area contributed by atoms with E-state index in [2.05, 4.69) is 11.8 Å². The lowest BCUT2D eigenvalue weighted by atomic mass is 10.1. The van der Waals surface area contributed by atoms with Gasteiger partial charge in [-0.25, -0.2) is 0 Å². The summed E-state index contributed by atoms with van der Waals surface area (Å²) in [5.41, 5.74) is 5.62. The molecule has 0 bridgehead atoms. The first-order valence-corrected chi connectivity index (χ1v) is 4.75. The van der Waals surface area contributed by atoms with Gasteiger partial charge >= 0.3 is 0 Å². The molecule has 1 aromatic rings. The maximum absolute atomic E-state index is 10.6. The fourth-order valence-corrected chi connectivity index (χ4v) is 1.27. The highest BCUT2D eigenvalue weighted by Crippen LogP contribution is 2.28. The summed E-state index contributed by atoms with van der Waals surface area (Å²) in [5, 5.41) is 10.8. The Morgan fingerprint density at radius 1 is 1.53 bits per heavy atom. The molecular formula is C9H6Cl2N2O2. The van der Waals surface area contributed by atoms with Crippen LogP contribution in [0.2, 0.25) is 5.02 Å². The highest BCUT2D eigenvalue weighted by molar-refractivity contribution is 6.31. The van der Waals surface area contributed by atoms with Crippen molar-refractivity contribution in [2.24, 2.45) is 0 Å². The molecule has 4 nitrogen and oxygen atoms in total. The largest absolute Gasteiger partial charge is 0.392 e. The summed E-state index contributed by atoms with van der Waals surface area (Å²) < 4.78 is 0. The van der Waals surface area contributed by atoms with Gasteiger partial charge in [-0.3, -0.25) is 10.1 Å². The molecule has 0 unspecified atom stereocenters. The molecule has 0 amide bonds. The van der Waals surface area contributed by atoms with Gasteiger partial charge in [0.1, 0.15) is 5.69 Å². The lowest BCUT2D eigenvalue weighted by Crippen LogP contribution is -1.98. The Morgan fingerprint density at radius 2 is 2.20 bits per heavy atom. The van der Waals surface area contributed by atoms with E-state index >= 15 is 0 Å². The second kappa shape index (κ2) is 4.87. The topological polar surface area (TPSA) is 69.2 Å². The van der Waals surface area contributed by atoms with Crippen LogP contribution in [0.1, 0.15) is 5.56 Å². The summed E-state index contributed by atoms with van der Waals surface area (Å²) in [6.07, 6.45) is 0. The lowest BCUT2D eigenvalue weighted by molar-refractivity contribution is -0.383. The van der Waals surface area contributed by atoms with Gasteiger partial charge in [-0.2, -0.15) is 0 Å². The monoisotopic (exact) mass is 244 g/mol. The summed E-state index contributed by atoms with van der Waals surface area (Å²) in [4.78, 5) is 9.99. The fraction of sp³-hybridized carbons (Fsp3) is 0.111. The number of nitrogens with two attached hydrogens (primary N) is 1. The molecule has 0 saturated carbocycles. The number of nitrogens with zero attached hydrogens (tertiary/aromatic N) is 1. The van der Waals surface area contributed by atoms with Gasteiger partial charge in [0, 0.05) is 11.1 Å². The number of halogens is 2. The van der Waals surface area contributed by atoms with Crippen LogP contribution in [0, 0.1) is 22.0 Å². The maximum Gasteiger partial charge on any atom is 0.294 e. The molecule has 6 heteroatoms. The molecule has 0 saturated heterocycles. The lowest BCUT2D eigenvalue weighted by Gasteiger charge is -2.00. The summed E-state index contributed by atoms with van der Waals surface area (Å²) >= 11 is 11.0. The second-order valence-electron chi connectivity index (χ2n) is 2.58. The highest BCUT2D eigenvalue weighted by atomic mass is 35.5. The van der Waals surface area contributed by atoms with Crippen LogP contribution in [0.4, 0.5) is 11.4 Å². The molecule has 1 rings (SSSR count). The van der Waals surface area contributed by atoms with Gasteiger partial charge in [0.25, 0.3) is 5.69 Å². The van der Waals surface area contributed by atoms with Crippen molar-refractivity contribution in [3.63, 3.8) is 0 Å². The van der Waals surface area contributed by atoms with Crippen LogP contribution in [0.3, 0.4) is 0 Å². The Morgan fingerprint density at radius 3 is 2.73 bits per heavy atom. The average molecular weight is 245 g/mol. The third-order valence-corrected chi connectivity index (χ3v) is 1.96. The van der Waals surface area contributed by atoms with Crippen molar-refractivity contribution in [3.8, 4) is 11.8 Å². The quantitative estimate of drug-likeness (QED) is 0.271. The molecule has 0 atom stereocenters. The van der Waals surface area contributed by atoms with Crippen LogP contribution < -0.4 is 5.73 Å². The molecule has 0 radical (unpaired) electrons. The number of benzene rings is 1. The summed E-state index contributed by atoms with van der Waals surface area (Å²) in [7, 11) is 0. The first-order chi connectivity index (χ1) is 7.06. The Balaban J connectivity index is 3.34. The predicted molar refractivity (Wildman–Crippen MR) is 60.1 cm³/mol. The van der Waals surface area contributed by atoms with Crippen molar-refractivity contribution in [1.29, 1.82) is 0 Å². The molecule has 0 heterocycles. The van der Waals surface area contributed by atoms with Crippen molar-refractivity contribution in [2.45, 2.75) is 0 Å². The molecule has 0 fully saturated rings. The van der Waals surface area contributed by atoms with Crippen LogP contribution in [0.15, 0.2) is 12.1 Å². The maximum atomic E-state index is 10.6. The molecule has 0 aliphatic carbocycles. The van der Waals surface area contributed by atoms with E-state index in [-0.39, 0.29) is 22.3 Å². The Kier molecular flexibility index (Phi) is 3.78. The van der Waals surface area contributed by atoms with Crippen LogP contribution in [-0.2, 0) is 0 Å². The van der Waals surface area contributed by atoms with Gasteiger partial charge in [0.15, 0.2) is 0 Å². The minimum absolute atomic E-state index is 0.00187. The number of rotatable bonds is 1. The third-order valence-electron chi connectivity index (χ3n) is 1.61. The van der Waals surface area contributed by atoms with E-state index in [9.17, 15) is 10.1 Å². The number of alkyl halides is 1. The van der Waals surface area contributed by atoms with Gasteiger partial charge < -0.3 is 5.73 Å². The molecule has 1 aromatic carbocycles. The number of nitrogen functional groups attached to an aromatic ring is 1. The standard InChI is InChI=1S/C9H6Cl2N2O2/c10-3-1-2-6-4-7(11)5-8(9(6)12)13(14)15/h4-5H,3,12H2. The van der Waals surface area contributed by atoms with Crippen LogP contribution in [0.5, 0.6) is 0 Å². The van der Waals surface area contributed by atoms with Crippen molar-refractivity contribution >= 4 is 34.6 Å². The van der Waals surface area contributed by atoms with Crippen molar-refractivity contribution in [2.75, 3.05) is 11.6 Å². The number of nitro groups is 1. The summed E-state index contributed by atoms with van der Waals surface area (Å²) in [6, 6.07) is 2.65. The Bertz CT molecular complexity index is 463. The van der Waals surface area contributed by atoms with Crippen LogP contribution in [-0.4, -0.2) is 10.8 Å². The average Bonchev–Trinajstić information content (AvgIpc) is 2.18. The Hall–Kier alpha value is -1.44. The fourth-order valence-electron chi connectivity index (χ4n) is 0.987. The van der Waals surface area contributed by atoms with Crippen molar-refractivity contribution < 1.29 is 4.92 Å². The zero-order valence-corrected chi connectivity index (χ0v) is 8.97. The van der Waals surface area contributed by atoms with Crippen molar-refractivity contribution in [3.05, 3.63) is 32.8 Å². The van der Waals surface area contributed by atoms with Gasteiger partial charge in [-0.05, 0) is 6.07 Å². The van der Waals surface area contributed by atoms with E-state index in [1.54, 1.807) is 0 Å². The smallest absolute Gasteiger partial charge is 0.294 e. The summed E-state index contributed by atoms with van der Waals surface area (Å²) in [6.45, 7) is 0. The zero-order valence-electron chi connectivity index (χ0n) is 7.46. The van der Waals surface area contributed by atoms with E-state index in [0.29, 0.717) is 5.56 Å². The predicted octanol–water partition coefficient (Wildman–Crippen LogP) is 2.42. The Labute approximate surface area is 96.1 Å². The van der Waals surface area contributed by atoms with Crippen molar-refractivity contribution in [1.82, 2.24) is 0 Å². The third kappa shape index (κ3) is 2.75. The van der Waals surface area contributed by atoms with Crippen LogP contribution in [0.25, 0.3) is 0 Å². The number of hydrogen-bond acceptors (Lipinski definition) is 3. The minimum Gasteiger partial charge on any atom is -0.392 e. The molecule has 15 heavy (non-hydrogen) atoms. The second-order valence-corrected chi connectivity index (χ2v) is 3.28. The van der Waals surface area contributed by atoms with E-state index in [1.807, 2.05) is 0 Å². The molecule has 0 spiro atoms. The molecular weight excluding hydrogens is 239 g/mol. The van der Waals surface area contributed by atoms with E-state index < -0.39 is 4.92 Å². The van der Waals surface area contributed by atoms with Gasteiger partial charge in [-0.1, -0.05) is 23.4 Å². The number of hydrogen-bond donors (Lipinski definition) is 1. The van der Waals surface area contributed by atoms with E-state index in [4.69, 9.17) is 28.9 Å². The molecule has 78 valence electrons. The van der Waals surface area contributed by atoms with Gasteiger partial charge in [0.05, 0.1) is 16.4 Å². The molecule has 0 aliphatic heterocycles. The SMILES string of the molecule is Nc1c(C#CCCl)cc(Cl)cc1[N+](=O)[O-].